The van der Waals surface area contributed by atoms with E-state index in [0.29, 0.717) is 18.9 Å². The smallest absolute Gasteiger partial charge is 0.161 e. The van der Waals surface area contributed by atoms with Crippen molar-refractivity contribution in [1.29, 1.82) is 0 Å². The fraction of sp³-hybridized carbons (Fsp3) is 0.250. The van der Waals surface area contributed by atoms with Gasteiger partial charge in [-0.25, -0.2) is 17.9 Å². The van der Waals surface area contributed by atoms with Crippen LogP contribution in [-0.2, 0) is 6.42 Å². The van der Waals surface area contributed by atoms with Crippen LogP contribution in [0.5, 0.6) is 0 Å². The number of rotatable bonds is 4. The summed E-state index contributed by atoms with van der Waals surface area (Å²) >= 11 is 0. The number of aliphatic hydroxyl groups is 1. The van der Waals surface area contributed by atoms with Crippen molar-refractivity contribution < 1.29 is 18.3 Å². The Kier molecular flexibility index (Phi) is 3.66. The minimum absolute atomic E-state index is 0.0463. The van der Waals surface area contributed by atoms with Crippen LogP contribution in [0.3, 0.4) is 0 Å². The van der Waals surface area contributed by atoms with Gasteiger partial charge in [-0.15, -0.1) is 0 Å². The van der Waals surface area contributed by atoms with Crippen LogP contribution < -0.4 is 0 Å². The molecule has 1 aromatic carbocycles. The lowest BCUT2D eigenvalue weighted by Crippen LogP contribution is -2.00. The monoisotopic (exact) mass is 256 g/mol. The standard InChI is InChI=1S/C12H11F3N2O/c13-9-4-11(15)12(5-10(9)14)17-7-8(6-16-17)2-1-3-18/h4-7,18H,1-3H2. The molecule has 0 aliphatic rings. The summed E-state index contributed by atoms with van der Waals surface area (Å²) in [5, 5.41) is 12.6. The van der Waals surface area contributed by atoms with Gasteiger partial charge in [-0.1, -0.05) is 0 Å². The Morgan fingerprint density at radius 3 is 2.56 bits per heavy atom. The van der Waals surface area contributed by atoms with Crippen molar-refractivity contribution in [3.05, 3.63) is 47.5 Å². The van der Waals surface area contributed by atoms with E-state index in [2.05, 4.69) is 5.10 Å². The van der Waals surface area contributed by atoms with Crippen molar-refractivity contribution in [2.75, 3.05) is 6.61 Å². The first-order chi connectivity index (χ1) is 8.61. The average Bonchev–Trinajstić information content (AvgIpc) is 2.79. The van der Waals surface area contributed by atoms with Crippen LogP contribution >= 0.6 is 0 Å². The lowest BCUT2D eigenvalue weighted by atomic mass is 10.2. The highest BCUT2D eigenvalue weighted by Crippen LogP contribution is 2.18. The molecule has 0 spiro atoms. The van der Waals surface area contributed by atoms with Crippen molar-refractivity contribution in [2.45, 2.75) is 12.8 Å². The largest absolute Gasteiger partial charge is 0.396 e. The Labute approximate surface area is 101 Å². The Bertz CT molecular complexity index is 554. The van der Waals surface area contributed by atoms with Crippen LogP contribution in [0.2, 0.25) is 0 Å². The summed E-state index contributed by atoms with van der Waals surface area (Å²) in [4.78, 5) is 0. The van der Waals surface area contributed by atoms with Gasteiger partial charge in [0.15, 0.2) is 17.5 Å². The highest BCUT2D eigenvalue weighted by molar-refractivity contribution is 5.34. The van der Waals surface area contributed by atoms with Crippen LogP contribution in [-0.4, -0.2) is 21.5 Å². The topological polar surface area (TPSA) is 38.1 Å². The number of hydrogen-bond donors (Lipinski definition) is 1. The van der Waals surface area contributed by atoms with Gasteiger partial charge in [0.25, 0.3) is 0 Å². The molecule has 0 aliphatic carbocycles. The van der Waals surface area contributed by atoms with Crippen molar-refractivity contribution in [1.82, 2.24) is 9.78 Å². The Morgan fingerprint density at radius 2 is 1.83 bits per heavy atom. The maximum absolute atomic E-state index is 13.5. The molecule has 0 bridgehead atoms. The molecule has 1 N–H and O–H groups in total. The van der Waals surface area contributed by atoms with Gasteiger partial charge in [0, 0.05) is 24.9 Å². The fourth-order valence-electron chi connectivity index (χ4n) is 1.59. The number of halogens is 3. The molecule has 2 rings (SSSR count). The van der Waals surface area contributed by atoms with E-state index in [1.807, 2.05) is 0 Å². The highest BCUT2D eigenvalue weighted by atomic mass is 19.2. The van der Waals surface area contributed by atoms with Crippen LogP contribution in [0.25, 0.3) is 5.69 Å². The average molecular weight is 256 g/mol. The van der Waals surface area contributed by atoms with Crippen molar-refractivity contribution in [2.24, 2.45) is 0 Å². The van der Waals surface area contributed by atoms with E-state index in [-0.39, 0.29) is 12.3 Å². The molecule has 0 atom stereocenters. The number of benzene rings is 1. The molecule has 96 valence electrons. The second kappa shape index (κ2) is 5.22. The minimum atomic E-state index is -1.23. The summed E-state index contributed by atoms with van der Waals surface area (Å²) in [7, 11) is 0. The third-order valence-electron chi connectivity index (χ3n) is 2.50. The van der Waals surface area contributed by atoms with Gasteiger partial charge in [-0.2, -0.15) is 5.10 Å². The highest BCUT2D eigenvalue weighted by Gasteiger charge is 2.12. The molecule has 18 heavy (non-hydrogen) atoms. The summed E-state index contributed by atoms with van der Waals surface area (Å²) in [5.41, 5.74) is 0.636. The fourth-order valence-corrected chi connectivity index (χ4v) is 1.59. The summed E-state index contributed by atoms with van der Waals surface area (Å²) in [6.45, 7) is 0.0463. The van der Waals surface area contributed by atoms with E-state index in [0.717, 1.165) is 16.3 Å². The third-order valence-corrected chi connectivity index (χ3v) is 2.50. The first kappa shape index (κ1) is 12.6. The number of aromatic nitrogens is 2. The van der Waals surface area contributed by atoms with E-state index in [4.69, 9.17) is 5.11 Å². The molecule has 2 aromatic rings. The molecule has 1 aromatic heterocycles. The van der Waals surface area contributed by atoms with Gasteiger partial charge in [-0.05, 0) is 18.4 Å². The quantitative estimate of drug-likeness (QED) is 0.852. The minimum Gasteiger partial charge on any atom is -0.396 e. The summed E-state index contributed by atoms with van der Waals surface area (Å²) in [6.07, 6.45) is 4.16. The van der Waals surface area contributed by atoms with Crippen LogP contribution in [0.1, 0.15) is 12.0 Å². The number of aliphatic hydroxyl groups excluding tert-OH is 1. The molecule has 1 heterocycles. The first-order valence-corrected chi connectivity index (χ1v) is 5.41. The first-order valence-electron chi connectivity index (χ1n) is 5.41. The number of nitrogens with zero attached hydrogens (tertiary/aromatic N) is 2. The van der Waals surface area contributed by atoms with Gasteiger partial charge < -0.3 is 5.11 Å². The Balaban J connectivity index is 2.31. The van der Waals surface area contributed by atoms with E-state index in [9.17, 15) is 13.2 Å². The molecule has 6 heteroatoms. The van der Waals surface area contributed by atoms with Crippen LogP contribution in [0.15, 0.2) is 24.5 Å². The molecule has 0 saturated carbocycles. The predicted octanol–water partition coefficient (Wildman–Crippen LogP) is 2.21. The zero-order chi connectivity index (χ0) is 13.1. The van der Waals surface area contributed by atoms with E-state index in [1.54, 1.807) is 0 Å². The predicted molar refractivity (Wildman–Crippen MR) is 58.8 cm³/mol. The molecule has 0 amide bonds. The van der Waals surface area contributed by atoms with Crippen molar-refractivity contribution in [3.8, 4) is 5.69 Å². The normalized spacial score (nSPS) is 10.9. The molecule has 0 saturated heterocycles. The summed E-state index contributed by atoms with van der Waals surface area (Å²) in [6, 6.07) is 1.24. The molecule has 0 radical (unpaired) electrons. The molecular weight excluding hydrogens is 245 g/mol. The van der Waals surface area contributed by atoms with E-state index >= 15 is 0 Å². The third kappa shape index (κ3) is 2.53. The van der Waals surface area contributed by atoms with E-state index < -0.39 is 17.5 Å². The summed E-state index contributed by atoms with van der Waals surface area (Å²) < 4.78 is 40.4. The maximum Gasteiger partial charge on any atom is 0.161 e. The van der Waals surface area contributed by atoms with Crippen LogP contribution in [0.4, 0.5) is 13.2 Å². The Morgan fingerprint density at radius 1 is 1.11 bits per heavy atom. The zero-order valence-electron chi connectivity index (χ0n) is 9.41. The maximum atomic E-state index is 13.5. The summed E-state index contributed by atoms with van der Waals surface area (Å²) in [5.74, 6) is -3.24. The second-order valence-corrected chi connectivity index (χ2v) is 3.84. The van der Waals surface area contributed by atoms with Gasteiger partial charge in [0.2, 0.25) is 0 Å². The zero-order valence-corrected chi connectivity index (χ0v) is 9.41. The molecule has 0 fully saturated rings. The van der Waals surface area contributed by atoms with E-state index in [1.165, 1.54) is 12.4 Å². The SMILES string of the molecule is OCCCc1cnn(-c2cc(F)c(F)cc2F)c1. The van der Waals surface area contributed by atoms with Gasteiger partial charge in [0.1, 0.15) is 5.69 Å². The van der Waals surface area contributed by atoms with Gasteiger partial charge in [-0.3, -0.25) is 0 Å². The Hall–Kier alpha value is -1.82. The lowest BCUT2D eigenvalue weighted by Gasteiger charge is -2.03. The van der Waals surface area contributed by atoms with Gasteiger partial charge in [0.05, 0.1) is 6.20 Å². The molecule has 0 unspecified atom stereocenters. The lowest BCUT2D eigenvalue weighted by molar-refractivity contribution is 0.288. The van der Waals surface area contributed by atoms with Crippen molar-refractivity contribution in [3.63, 3.8) is 0 Å². The van der Waals surface area contributed by atoms with Gasteiger partial charge >= 0.3 is 0 Å². The molecule has 0 aliphatic heterocycles. The molecule has 3 nitrogen and oxygen atoms in total. The number of aryl methyl sites for hydroxylation is 1. The van der Waals surface area contributed by atoms with Crippen LogP contribution in [0, 0.1) is 17.5 Å². The van der Waals surface area contributed by atoms with Crippen molar-refractivity contribution >= 4 is 0 Å². The molecular formula is C12H11F3N2O. The number of hydrogen-bond acceptors (Lipinski definition) is 2. The second-order valence-electron chi connectivity index (χ2n) is 3.84.